The van der Waals surface area contributed by atoms with E-state index in [1.807, 2.05) is 0 Å². The average molecular weight is 499 g/mol. The molecule has 198 valence electrons. The van der Waals surface area contributed by atoms with Crippen molar-refractivity contribution in [2.45, 2.75) is 103 Å². The normalized spacial score (nSPS) is 24.4. The molecule has 0 spiro atoms. The van der Waals surface area contributed by atoms with Gasteiger partial charge in [0.15, 0.2) is 11.5 Å². The molecule has 36 heavy (non-hydrogen) atoms. The maximum atomic E-state index is 14.3. The zero-order valence-electron chi connectivity index (χ0n) is 22.2. The molecule has 0 radical (unpaired) electrons. The van der Waals surface area contributed by atoms with Crippen LogP contribution in [0.5, 0.6) is 11.5 Å². The number of unbranched alkanes of at least 4 members (excludes halogenated alkanes) is 2. The summed E-state index contributed by atoms with van der Waals surface area (Å²) in [4.78, 5) is 0. The van der Waals surface area contributed by atoms with Gasteiger partial charge in [0.25, 0.3) is 0 Å². The first-order chi connectivity index (χ1) is 17.6. The maximum Gasteiger partial charge on any atom is 0.204 e. The Kier molecular flexibility index (Phi) is 10.1. The Bertz CT molecular complexity index is 926. The summed E-state index contributed by atoms with van der Waals surface area (Å²) >= 11 is 0. The van der Waals surface area contributed by atoms with Gasteiger partial charge in [-0.3, -0.25) is 0 Å². The van der Waals surface area contributed by atoms with Crippen LogP contribution in [0.15, 0.2) is 36.4 Å². The Morgan fingerprint density at radius 2 is 1.28 bits per heavy atom. The lowest BCUT2D eigenvalue weighted by molar-refractivity contribution is 0.155. The van der Waals surface area contributed by atoms with E-state index >= 15 is 0 Å². The molecule has 2 aliphatic rings. The minimum absolute atomic E-state index is 0.0866. The number of ether oxygens (including phenoxy) is 2. The molecule has 4 heteroatoms. The van der Waals surface area contributed by atoms with Gasteiger partial charge in [0.05, 0.1) is 6.61 Å². The number of hydrogen-bond donors (Lipinski definition) is 0. The molecule has 2 aromatic carbocycles. The van der Waals surface area contributed by atoms with Gasteiger partial charge in [-0.2, -0.15) is 8.78 Å². The highest BCUT2D eigenvalue weighted by molar-refractivity contribution is 5.35. The first kappa shape index (κ1) is 26.9. The molecular weight excluding hydrogens is 454 g/mol. The Labute approximate surface area is 216 Å². The second-order valence-electron chi connectivity index (χ2n) is 11.0. The molecule has 0 atom stereocenters. The third-order valence-corrected chi connectivity index (χ3v) is 8.70. The van der Waals surface area contributed by atoms with Crippen LogP contribution in [0.3, 0.4) is 0 Å². The number of halogens is 2. The second kappa shape index (κ2) is 13.4. The van der Waals surface area contributed by atoms with E-state index in [1.54, 1.807) is 6.92 Å². The summed E-state index contributed by atoms with van der Waals surface area (Å²) < 4.78 is 39.0. The highest BCUT2D eigenvalue weighted by Crippen LogP contribution is 2.44. The summed E-state index contributed by atoms with van der Waals surface area (Å²) in [6.45, 7) is 4.52. The number of benzene rings is 2. The van der Waals surface area contributed by atoms with Gasteiger partial charge in [0, 0.05) is 0 Å². The van der Waals surface area contributed by atoms with Crippen LogP contribution in [0.25, 0.3) is 0 Å². The fraction of sp³-hybridized carbons (Fsp3) is 0.625. The van der Waals surface area contributed by atoms with Crippen LogP contribution in [-0.4, -0.2) is 6.61 Å². The van der Waals surface area contributed by atoms with Crippen molar-refractivity contribution in [2.24, 2.45) is 17.8 Å². The first-order valence-corrected chi connectivity index (χ1v) is 14.4. The van der Waals surface area contributed by atoms with Crippen molar-refractivity contribution in [3.63, 3.8) is 0 Å². The van der Waals surface area contributed by atoms with Crippen LogP contribution in [0.4, 0.5) is 8.78 Å². The SMILES string of the molecule is CCCCCC1CCC(C2CCC(c3ccc(COc4ccc(OCC)c(F)c4F)cc3)CC2)CC1. The highest BCUT2D eigenvalue weighted by atomic mass is 19.2. The summed E-state index contributed by atoms with van der Waals surface area (Å²) in [5, 5.41) is 0. The van der Waals surface area contributed by atoms with Crippen molar-refractivity contribution in [3.8, 4) is 11.5 Å². The van der Waals surface area contributed by atoms with Crippen molar-refractivity contribution in [2.75, 3.05) is 6.61 Å². The van der Waals surface area contributed by atoms with Crippen molar-refractivity contribution in [3.05, 3.63) is 59.2 Å². The summed E-state index contributed by atoms with van der Waals surface area (Å²) in [5.41, 5.74) is 2.35. The molecule has 2 fully saturated rings. The molecule has 2 aromatic rings. The predicted molar refractivity (Wildman–Crippen MR) is 143 cm³/mol. The molecular formula is C32H44F2O2. The van der Waals surface area contributed by atoms with Gasteiger partial charge in [0.1, 0.15) is 6.61 Å². The lowest BCUT2D eigenvalue weighted by atomic mass is 9.68. The lowest BCUT2D eigenvalue weighted by Gasteiger charge is -2.38. The van der Waals surface area contributed by atoms with Crippen molar-refractivity contribution in [1.82, 2.24) is 0 Å². The third-order valence-electron chi connectivity index (χ3n) is 8.70. The van der Waals surface area contributed by atoms with E-state index in [0.29, 0.717) is 5.92 Å². The highest BCUT2D eigenvalue weighted by Gasteiger charge is 2.31. The lowest BCUT2D eigenvalue weighted by Crippen LogP contribution is -2.25. The van der Waals surface area contributed by atoms with E-state index < -0.39 is 11.6 Å². The smallest absolute Gasteiger partial charge is 0.204 e. The molecule has 0 aliphatic heterocycles. The second-order valence-corrected chi connectivity index (χ2v) is 11.0. The number of rotatable bonds is 11. The van der Waals surface area contributed by atoms with Crippen LogP contribution >= 0.6 is 0 Å². The van der Waals surface area contributed by atoms with Gasteiger partial charge in [-0.1, -0.05) is 69.7 Å². The van der Waals surface area contributed by atoms with Crippen molar-refractivity contribution in [1.29, 1.82) is 0 Å². The van der Waals surface area contributed by atoms with Crippen LogP contribution in [-0.2, 0) is 6.61 Å². The summed E-state index contributed by atoms with van der Waals surface area (Å²) in [6.07, 6.45) is 16.8. The van der Waals surface area contributed by atoms with Gasteiger partial charge in [-0.15, -0.1) is 0 Å². The molecule has 0 saturated heterocycles. The monoisotopic (exact) mass is 498 g/mol. The molecule has 4 rings (SSSR count). The predicted octanol–water partition coefficient (Wildman–Crippen LogP) is 9.60. The summed E-state index contributed by atoms with van der Waals surface area (Å²) in [6, 6.07) is 11.3. The van der Waals surface area contributed by atoms with Gasteiger partial charge in [0.2, 0.25) is 11.6 Å². The zero-order valence-corrected chi connectivity index (χ0v) is 22.2. The van der Waals surface area contributed by atoms with Gasteiger partial charge < -0.3 is 9.47 Å². The van der Waals surface area contributed by atoms with Crippen molar-refractivity contribution >= 4 is 0 Å². The van der Waals surface area contributed by atoms with Gasteiger partial charge in [-0.05, 0) is 92.4 Å². The fourth-order valence-corrected chi connectivity index (χ4v) is 6.49. The zero-order chi connectivity index (χ0) is 25.3. The topological polar surface area (TPSA) is 18.5 Å². The van der Waals surface area contributed by atoms with Crippen LogP contribution in [0.1, 0.15) is 108 Å². The third kappa shape index (κ3) is 7.01. The van der Waals surface area contributed by atoms with Crippen LogP contribution in [0, 0.1) is 29.4 Å². The number of hydrogen-bond acceptors (Lipinski definition) is 2. The van der Waals surface area contributed by atoms with E-state index in [0.717, 1.165) is 23.3 Å². The van der Waals surface area contributed by atoms with E-state index in [9.17, 15) is 8.78 Å². The van der Waals surface area contributed by atoms with E-state index in [2.05, 4.69) is 31.2 Å². The molecule has 0 amide bonds. The molecule has 2 saturated carbocycles. The van der Waals surface area contributed by atoms with E-state index in [4.69, 9.17) is 9.47 Å². The maximum absolute atomic E-state index is 14.3. The van der Waals surface area contributed by atoms with E-state index in [-0.39, 0.29) is 24.7 Å². The average Bonchev–Trinajstić information content (AvgIpc) is 2.92. The van der Waals surface area contributed by atoms with Gasteiger partial charge in [-0.25, -0.2) is 0 Å². The first-order valence-electron chi connectivity index (χ1n) is 14.4. The van der Waals surface area contributed by atoms with Crippen molar-refractivity contribution < 1.29 is 18.3 Å². The molecule has 0 bridgehead atoms. The Hall–Kier alpha value is -2.10. The summed E-state index contributed by atoms with van der Waals surface area (Å²) in [7, 11) is 0. The Morgan fingerprint density at radius 3 is 1.86 bits per heavy atom. The quantitative estimate of drug-likeness (QED) is 0.287. The molecule has 0 N–H and O–H groups in total. The fourth-order valence-electron chi connectivity index (χ4n) is 6.49. The van der Waals surface area contributed by atoms with E-state index in [1.165, 1.54) is 94.7 Å². The Morgan fingerprint density at radius 1 is 0.694 bits per heavy atom. The standard InChI is InChI=1S/C32H44F2O2/c1-3-5-6-7-23-8-12-25(13-9-23)27-16-18-28(19-17-27)26-14-10-24(11-15-26)22-36-30-21-20-29(35-4-2)31(33)32(30)34/h10-11,14-15,20-21,23,25,27-28H,3-9,12-13,16-19,22H2,1-2H3. The molecule has 0 aromatic heterocycles. The summed E-state index contributed by atoms with van der Waals surface area (Å²) in [5.74, 6) is 1.34. The van der Waals surface area contributed by atoms with Crippen LogP contribution < -0.4 is 9.47 Å². The largest absolute Gasteiger partial charge is 0.491 e. The van der Waals surface area contributed by atoms with Crippen LogP contribution in [0.2, 0.25) is 0 Å². The molecule has 2 nitrogen and oxygen atoms in total. The Balaban J connectivity index is 1.21. The molecule has 0 unspecified atom stereocenters. The molecule has 2 aliphatic carbocycles. The minimum Gasteiger partial charge on any atom is -0.491 e. The van der Waals surface area contributed by atoms with Gasteiger partial charge >= 0.3 is 0 Å². The minimum atomic E-state index is -1.00. The molecule has 0 heterocycles.